The van der Waals surface area contributed by atoms with Crippen molar-refractivity contribution >= 4 is 21.4 Å². The minimum atomic E-state index is -3.95. The number of ether oxygens (including phenoxy) is 2. The monoisotopic (exact) mass is 423 g/mol. The first kappa shape index (κ1) is 20.6. The normalized spacial score (nSPS) is 15.1. The van der Waals surface area contributed by atoms with E-state index in [9.17, 15) is 28.6 Å². The molecular weight excluding hydrogens is 406 g/mol. The molecule has 1 saturated heterocycles. The topological polar surface area (TPSA) is 142 Å². The third-order valence-corrected chi connectivity index (χ3v) is 6.16. The molecule has 1 aliphatic heterocycles. The minimum Gasteiger partial charge on any atom is -0.443 e. The average molecular weight is 423 g/mol. The molecule has 2 aromatic rings. The Bertz CT molecular complexity index is 1060. The molecule has 3 rings (SSSR count). The van der Waals surface area contributed by atoms with Crippen LogP contribution in [0.2, 0.25) is 0 Å². The van der Waals surface area contributed by atoms with E-state index in [-0.39, 0.29) is 48.4 Å². The molecular formula is C17H17N3O8S. The van der Waals surface area contributed by atoms with Crippen molar-refractivity contribution in [2.75, 3.05) is 26.3 Å². The van der Waals surface area contributed by atoms with Crippen molar-refractivity contribution in [1.29, 1.82) is 0 Å². The van der Waals surface area contributed by atoms with Crippen LogP contribution in [0, 0.1) is 27.2 Å². The van der Waals surface area contributed by atoms with Crippen LogP contribution in [0.15, 0.2) is 41.3 Å². The second-order valence-electron chi connectivity index (χ2n) is 6.23. The predicted molar refractivity (Wildman–Crippen MR) is 101 cm³/mol. The van der Waals surface area contributed by atoms with Crippen molar-refractivity contribution in [3.05, 3.63) is 62.2 Å². The van der Waals surface area contributed by atoms with Gasteiger partial charge in [-0.2, -0.15) is 4.31 Å². The summed E-state index contributed by atoms with van der Waals surface area (Å²) >= 11 is 0. The summed E-state index contributed by atoms with van der Waals surface area (Å²) in [7, 11) is -3.95. The van der Waals surface area contributed by atoms with E-state index in [4.69, 9.17) is 9.47 Å². The maximum atomic E-state index is 12.7. The van der Waals surface area contributed by atoms with Crippen LogP contribution >= 0.6 is 0 Å². The van der Waals surface area contributed by atoms with Crippen molar-refractivity contribution in [2.24, 2.45) is 0 Å². The van der Waals surface area contributed by atoms with Gasteiger partial charge in [0.2, 0.25) is 21.5 Å². The van der Waals surface area contributed by atoms with E-state index in [0.717, 1.165) is 12.1 Å². The van der Waals surface area contributed by atoms with Crippen LogP contribution in [0.4, 0.5) is 11.4 Å². The molecule has 0 amide bonds. The second kappa shape index (κ2) is 8.11. The van der Waals surface area contributed by atoms with E-state index in [1.807, 2.05) is 0 Å². The van der Waals surface area contributed by atoms with E-state index in [0.29, 0.717) is 5.56 Å². The van der Waals surface area contributed by atoms with Crippen molar-refractivity contribution < 1.29 is 27.7 Å². The number of sulfonamides is 1. The Morgan fingerprint density at radius 2 is 1.62 bits per heavy atom. The summed E-state index contributed by atoms with van der Waals surface area (Å²) in [5, 5.41) is 22.7. The molecule has 0 aliphatic carbocycles. The Morgan fingerprint density at radius 1 is 0.966 bits per heavy atom. The highest BCUT2D eigenvalue weighted by Gasteiger charge is 2.30. The van der Waals surface area contributed by atoms with Crippen LogP contribution in [0.25, 0.3) is 0 Å². The Morgan fingerprint density at radius 3 is 2.24 bits per heavy atom. The molecule has 2 aromatic carbocycles. The minimum absolute atomic E-state index is 0.143. The molecule has 0 aromatic heterocycles. The smallest absolute Gasteiger partial charge is 0.312 e. The molecule has 0 N–H and O–H groups in total. The van der Waals surface area contributed by atoms with Crippen LogP contribution in [-0.2, 0) is 14.8 Å². The largest absolute Gasteiger partial charge is 0.443 e. The number of hydrogen-bond acceptors (Lipinski definition) is 8. The van der Waals surface area contributed by atoms with Gasteiger partial charge in [0, 0.05) is 25.2 Å². The molecule has 0 saturated carbocycles. The van der Waals surface area contributed by atoms with E-state index >= 15 is 0 Å². The van der Waals surface area contributed by atoms with Gasteiger partial charge in [-0.1, -0.05) is 6.07 Å². The SMILES string of the molecule is Cc1ccc([N+](=O)[O-])c(Oc2ccc(S(=O)(=O)N3CCOCC3)cc2[N+](=O)[O-])c1. The van der Waals surface area contributed by atoms with Gasteiger partial charge in [0.15, 0.2) is 0 Å². The first-order valence-electron chi connectivity index (χ1n) is 8.49. The molecule has 0 bridgehead atoms. The Labute approximate surface area is 165 Å². The fourth-order valence-corrected chi connectivity index (χ4v) is 4.22. The van der Waals surface area contributed by atoms with Crippen LogP contribution < -0.4 is 4.74 Å². The molecule has 11 nitrogen and oxygen atoms in total. The molecule has 29 heavy (non-hydrogen) atoms. The number of morpholine rings is 1. The molecule has 12 heteroatoms. The summed E-state index contributed by atoms with van der Waals surface area (Å²) in [6, 6.07) is 7.31. The van der Waals surface area contributed by atoms with Gasteiger partial charge < -0.3 is 9.47 Å². The van der Waals surface area contributed by atoms with Crippen LogP contribution in [0.1, 0.15) is 5.56 Å². The Balaban J connectivity index is 2.01. The first-order valence-corrected chi connectivity index (χ1v) is 9.93. The van der Waals surface area contributed by atoms with Crippen molar-refractivity contribution in [1.82, 2.24) is 4.31 Å². The highest BCUT2D eigenvalue weighted by Crippen LogP contribution is 2.38. The number of nitro groups is 2. The number of benzene rings is 2. The van der Waals surface area contributed by atoms with Crippen molar-refractivity contribution in [3.63, 3.8) is 0 Å². The summed E-state index contributed by atoms with van der Waals surface area (Å²) in [6.07, 6.45) is 0. The molecule has 0 atom stereocenters. The average Bonchev–Trinajstić information content (AvgIpc) is 2.68. The van der Waals surface area contributed by atoms with Crippen molar-refractivity contribution in [2.45, 2.75) is 11.8 Å². The van der Waals surface area contributed by atoms with E-state index in [1.165, 1.54) is 28.6 Å². The third kappa shape index (κ3) is 4.34. The molecule has 154 valence electrons. The molecule has 0 unspecified atom stereocenters. The fraction of sp³-hybridized carbons (Fsp3) is 0.294. The summed E-state index contributed by atoms with van der Waals surface area (Å²) in [6.45, 7) is 2.44. The van der Waals surface area contributed by atoms with E-state index in [2.05, 4.69) is 0 Å². The summed E-state index contributed by atoms with van der Waals surface area (Å²) < 4.78 is 37.2. The second-order valence-corrected chi connectivity index (χ2v) is 8.17. The number of aryl methyl sites for hydroxylation is 1. The van der Waals surface area contributed by atoms with Gasteiger partial charge in [-0.3, -0.25) is 20.2 Å². The lowest BCUT2D eigenvalue weighted by atomic mass is 10.2. The molecule has 1 fully saturated rings. The van der Waals surface area contributed by atoms with Gasteiger partial charge in [-0.05, 0) is 30.7 Å². The van der Waals surface area contributed by atoms with E-state index < -0.39 is 25.6 Å². The molecule has 0 spiro atoms. The number of nitro benzene ring substituents is 2. The lowest BCUT2D eigenvalue weighted by Gasteiger charge is -2.26. The summed E-state index contributed by atoms with van der Waals surface area (Å²) in [4.78, 5) is 21.0. The lowest BCUT2D eigenvalue weighted by Crippen LogP contribution is -2.40. The van der Waals surface area contributed by atoms with Crippen LogP contribution in [0.5, 0.6) is 11.5 Å². The van der Waals surface area contributed by atoms with Gasteiger partial charge >= 0.3 is 11.4 Å². The van der Waals surface area contributed by atoms with Crippen LogP contribution in [0.3, 0.4) is 0 Å². The van der Waals surface area contributed by atoms with Gasteiger partial charge in [-0.15, -0.1) is 0 Å². The zero-order valence-corrected chi connectivity index (χ0v) is 16.1. The number of nitrogens with zero attached hydrogens (tertiary/aromatic N) is 3. The molecule has 0 radical (unpaired) electrons. The molecule has 1 heterocycles. The number of hydrogen-bond donors (Lipinski definition) is 0. The number of rotatable bonds is 6. The zero-order valence-electron chi connectivity index (χ0n) is 15.3. The highest BCUT2D eigenvalue weighted by atomic mass is 32.2. The Hall–Kier alpha value is -3.09. The molecule has 1 aliphatic rings. The van der Waals surface area contributed by atoms with Gasteiger partial charge in [0.1, 0.15) is 0 Å². The Kier molecular flexibility index (Phi) is 5.77. The van der Waals surface area contributed by atoms with Gasteiger partial charge in [0.05, 0.1) is 28.0 Å². The highest BCUT2D eigenvalue weighted by molar-refractivity contribution is 7.89. The van der Waals surface area contributed by atoms with E-state index in [1.54, 1.807) is 6.92 Å². The maximum absolute atomic E-state index is 12.7. The standard InChI is InChI=1S/C17H17N3O8S/c1-12-2-4-14(19(21)22)17(10-12)28-16-5-3-13(11-15(16)20(23)24)29(25,26)18-6-8-27-9-7-18/h2-5,10-11H,6-9H2,1H3. The van der Waals surface area contributed by atoms with Gasteiger partial charge in [0.25, 0.3) is 0 Å². The summed E-state index contributed by atoms with van der Waals surface area (Å²) in [5.74, 6) is -0.480. The first-order chi connectivity index (χ1) is 13.7. The lowest BCUT2D eigenvalue weighted by molar-refractivity contribution is -0.387. The third-order valence-electron chi connectivity index (χ3n) is 4.27. The van der Waals surface area contributed by atoms with Crippen molar-refractivity contribution in [3.8, 4) is 11.5 Å². The van der Waals surface area contributed by atoms with Crippen LogP contribution in [-0.4, -0.2) is 48.9 Å². The fourth-order valence-electron chi connectivity index (χ4n) is 2.80. The maximum Gasteiger partial charge on any atom is 0.312 e. The quantitative estimate of drug-likeness (QED) is 0.510. The zero-order chi connectivity index (χ0) is 21.2. The predicted octanol–water partition coefficient (Wildman–Crippen LogP) is 2.62. The van der Waals surface area contributed by atoms with Gasteiger partial charge in [-0.25, -0.2) is 8.42 Å². The summed E-state index contributed by atoms with van der Waals surface area (Å²) in [5.41, 5.74) is -0.329.